The summed E-state index contributed by atoms with van der Waals surface area (Å²) < 4.78 is 26.0. The number of sulfonamides is 1. The Balaban J connectivity index is 3.04. The minimum absolute atomic E-state index is 0.0307. The molecular weight excluding hydrogens is 284 g/mol. The highest BCUT2D eigenvalue weighted by molar-refractivity contribution is 7.90. The first-order valence-corrected chi connectivity index (χ1v) is 7.42. The number of nitro groups is 1. The Labute approximate surface area is 117 Å². The second kappa shape index (κ2) is 6.00. The maximum absolute atomic E-state index is 12.0. The molecule has 0 saturated carbocycles. The monoisotopic (exact) mass is 300 g/mol. The van der Waals surface area contributed by atoms with E-state index in [0.717, 1.165) is 18.2 Å². The third-order valence-electron chi connectivity index (χ3n) is 2.50. The Hall–Kier alpha value is -1.96. The first-order chi connectivity index (χ1) is 9.13. The Morgan fingerprint density at radius 3 is 2.45 bits per heavy atom. The molecule has 0 atom stereocenters. The van der Waals surface area contributed by atoms with Gasteiger partial charge in [0.2, 0.25) is 5.91 Å². The fraction of sp³-hybridized carbons (Fsp3) is 0.417. The van der Waals surface area contributed by atoms with Crippen molar-refractivity contribution in [2.24, 2.45) is 5.92 Å². The van der Waals surface area contributed by atoms with Gasteiger partial charge in [0, 0.05) is 18.6 Å². The smallest absolute Gasteiger partial charge is 0.269 e. The molecule has 0 radical (unpaired) electrons. The molecule has 1 aromatic rings. The first-order valence-electron chi connectivity index (χ1n) is 5.94. The average molecular weight is 300 g/mol. The van der Waals surface area contributed by atoms with E-state index in [4.69, 9.17) is 0 Å². The van der Waals surface area contributed by atoms with Crippen molar-refractivity contribution in [1.29, 1.82) is 0 Å². The SMILES string of the molecule is Cc1cc([N+](=O)[O-])ccc1S(=O)(=O)NC(=O)CC(C)C. The van der Waals surface area contributed by atoms with Crippen molar-refractivity contribution in [1.82, 2.24) is 4.72 Å². The van der Waals surface area contributed by atoms with Crippen LogP contribution in [0.1, 0.15) is 25.8 Å². The van der Waals surface area contributed by atoms with Gasteiger partial charge in [0.1, 0.15) is 0 Å². The number of hydrogen-bond donors (Lipinski definition) is 1. The highest BCUT2D eigenvalue weighted by Gasteiger charge is 2.21. The van der Waals surface area contributed by atoms with Gasteiger partial charge in [0.15, 0.2) is 0 Å². The molecule has 0 unspecified atom stereocenters. The van der Waals surface area contributed by atoms with Gasteiger partial charge in [-0.3, -0.25) is 14.9 Å². The summed E-state index contributed by atoms with van der Waals surface area (Å²) in [6, 6.07) is 3.37. The van der Waals surface area contributed by atoms with Gasteiger partial charge in [-0.2, -0.15) is 0 Å². The standard InChI is InChI=1S/C12H16N2O5S/c1-8(2)6-12(15)13-20(18,19)11-5-4-10(14(16)17)7-9(11)3/h4-5,7-8H,6H2,1-3H3,(H,13,15). The number of aryl methyl sites for hydroxylation is 1. The molecule has 7 nitrogen and oxygen atoms in total. The van der Waals surface area contributed by atoms with Crippen molar-refractivity contribution in [3.8, 4) is 0 Å². The van der Waals surface area contributed by atoms with Gasteiger partial charge in [0.25, 0.3) is 15.7 Å². The predicted octanol–water partition coefficient (Wildman–Crippen LogP) is 1.75. The lowest BCUT2D eigenvalue weighted by atomic mass is 10.1. The van der Waals surface area contributed by atoms with E-state index in [-0.39, 0.29) is 28.5 Å². The molecule has 0 spiro atoms. The van der Waals surface area contributed by atoms with Crippen LogP contribution in [0.4, 0.5) is 5.69 Å². The number of hydrogen-bond acceptors (Lipinski definition) is 5. The highest BCUT2D eigenvalue weighted by atomic mass is 32.2. The van der Waals surface area contributed by atoms with Crippen molar-refractivity contribution >= 4 is 21.6 Å². The largest absolute Gasteiger partial charge is 0.274 e. The number of nitrogens with zero attached hydrogens (tertiary/aromatic N) is 1. The van der Waals surface area contributed by atoms with Gasteiger partial charge in [-0.05, 0) is 24.5 Å². The zero-order valence-corrected chi connectivity index (χ0v) is 12.2. The summed E-state index contributed by atoms with van der Waals surface area (Å²) in [7, 11) is -4.00. The maximum Gasteiger partial charge on any atom is 0.269 e. The van der Waals surface area contributed by atoms with Crippen molar-refractivity contribution < 1.29 is 18.1 Å². The quantitative estimate of drug-likeness (QED) is 0.658. The van der Waals surface area contributed by atoms with Crippen LogP contribution in [0.5, 0.6) is 0 Å². The van der Waals surface area contributed by atoms with Gasteiger partial charge in [-0.1, -0.05) is 13.8 Å². The molecule has 0 fully saturated rings. The van der Waals surface area contributed by atoms with Crippen LogP contribution in [0.15, 0.2) is 23.1 Å². The molecule has 0 aliphatic heterocycles. The van der Waals surface area contributed by atoms with Crippen LogP contribution in [0, 0.1) is 23.0 Å². The third-order valence-corrected chi connectivity index (χ3v) is 4.03. The number of amides is 1. The number of benzene rings is 1. The highest BCUT2D eigenvalue weighted by Crippen LogP contribution is 2.21. The van der Waals surface area contributed by atoms with E-state index in [1.54, 1.807) is 13.8 Å². The van der Waals surface area contributed by atoms with Crippen molar-refractivity contribution in [2.45, 2.75) is 32.1 Å². The van der Waals surface area contributed by atoms with Crippen LogP contribution in [0.25, 0.3) is 0 Å². The van der Waals surface area contributed by atoms with Crippen LogP contribution in [-0.2, 0) is 14.8 Å². The van der Waals surface area contributed by atoms with Crippen LogP contribution >= 0.6 is 0 Å². The molecular formula is C12H16N2O5S. The fourth-order valence-corrected chi connectivity index (χ4v) is 2.89. The predicted molar refractivity (Wildman–Crippen MR) is 72.6 cm³/mol. The van der Waals surface area contributed by atoms with Gasteiger partial charge in [0.05, 0.1) is 9.82 Å². The van der Waals surface area contributed by atoms with Crippen LogP contribution in [-0.4, -0.2) is 19.2 Å². The van der Waals surface area contributed by atoms with Crippen molar-refractivity contribution in [2.75, 3.05) is 0 Å². The van der Waals surface area contributed by atoms with Crippen LogP contribution in [0.2, 0.25) is 0 Å². The van der Waals surface area contributed by atoms with Gasteiger partial charge in [-0.25, -0.2) is 13.1 Å². The normalized spacial score (nSPS) is 11.4. The van der Waals surface area contributed by atoms with E-state index in [2.05, 4.69) is 0 Å². The molecule has 0 heterocycles. The molecule has 0 saturated heterocycles. The Bertz CT molecular complexity index is 637. The van der Waals surface area contributed by atoms with Crippen LogP contribution < -0.4 is 4.72 Å². The fourth-order valence-electron chi connectivity index (χ4n) is 1.67. The summed E-state index contributed by atoms with van der Waals surface area (Å²) >= 11 is 0. The Morgan fingerprint density at radius 1 is 1.40 bits per heavy atom. The number of nitrogens with one attached hydrogen (secondary N) is 1. The lowest BCUT2D eigenvalue weighted by Crippen LogP contribution is -2.31. The third kappa shape index (κ3) is 4.02. The zero-order chi connectivity index (χ0) is 15.5. The molecule has 0 aliphatic carbocycles. The average Bonchev–Trinajstić information content (AvgIpc) is 2.25. The molecule has 0 aliphatic rings. The molecule has 0 bridgehead atoms. The molecule has 1 amide bonds. The van der Waals surface area contributed by atoms with E-state index in [0.29, 0.717) is 0 Å². The van der Waals surface area contributed by atoms with Crippen LogP contribution in [0.3, 0.4) is 0 Å². The summed E-state index contributed by atoms with van der Waals surface area (Å²) in [6.07, 6.45) is 0.0886. The minimum atomic E-state index is -4.00. The summed E-state index contributed by atoms with van der Waals surface area (Å²) in [4.78, 5) is 21.4. The Kier molecular flexibility index (Phi) is 4.83. The molecule has 1 N–H and O–H groups in total. The van der Waals surface area contributed by atoms with Crippen molar-refractivity contribution in [3.63, 3.8) is 0 Å². The Morgan fingerprint density at radius 2 is 2.00 bits per heavy atom. The molecule has 8 heteroatoms. The second-order valence-electron chi connectivity index (χ2n) is 4.83. The molecule has 110 valence electrons. The lowest BCUT2D eigenvalue weighted by Gasteiger charge is -2.10. The first kappa shape index (κ1) is 16.1. The summed E-state index contributed by atoms with van der Waals surface area (Å²) in [6.45, 7) is 5.03. The molecule has 20 heavy (non-hydrogen) atoms. The second-order valence-corrected chi connectivity index (χ2v) is 6.48. The zero-order valence-electron chi connectivity index (χ0n) is 11.4. The van der Waals surface area contributed by atoms with E-state index < -0.39 is 20.9 Å². The van der Waals surface area contributed by atoms with E-state index in [1.807, 2.05) is 4.72 Å². The number of carbonyl (C=O) groups is 1. The number of rotatable bonds is 5. The summed E-state index contributed by atoms with van der Waals surface area (Å²) in [5.41, 5.74) is 0.0130. The molecule has 1 rings (SSSR count). The van der Waals surface area contributed by atoms with Gasteiger partial charge in [-0.15, -0.1) is 0 Å². The number of carbonyl (C=O) groups excluding carboxylic acids is 1. The van der Waals surface area contributed by atoms with E-state index in [1.165, 1.54) is 6.92 Å². The van der Waals surface area contributed by atoms with Crippen molar-refractivity contribution in [3.05, 3.63) is 33.9 Å². The van der Waals surface area contributed by atoms with E-state index >= 15 is 0 Å². The molecule has 0 aromatic heterocycles. The number of nitro benzene ring substituents is 1. The summed E-state index contributed by atoms with van der Waals surface area (Å²) in [5.74, 6) is -0.569. The molecule has 1 aromatic carbocycles. The lowest BCUT2D eigenvalue weighted by molar-refractivity contribution is -0.385. The maximum atomic E-state index is 12.0. The van der Waals surface area contributed by atoms with Gasteiger partial charge >= 0.3 is 0 Å². The topological polar surface area (TPSA) is 106 Å². The van der Waals surface area contributed by atoms with Gasteiger partial charge < -0.3 is 0 Å². The summed E-state index contributed by atoms with van der Waals surface area (Å²) in [5, 5.41) is 10.6. The van der Waals surface area contributed by atoms with E-state index in [9.17, 15) is 23.3 Å². The minimum Gasteiger partial charge on any atom is -0.274 e. The number of non-ortho nitro benzene ring substituents is 1.